The van der Waals surface area contributed by atoms with Crippen LogP contribution in [-0.4, -0.2) is 65.6 Å². The van der Waals surface area contributed by atoms with E-state index in [1.165, 1.54) is 63.4 Å². The zero-order valence-electron chi connectivity index (χ0n) is 10.7. The highest BCUT2D eigenvalue weighted by Gasteiger charge is 2.44. The number of rotatable bonds is 2. The minimum absolute atomic E-state index is 0.340. The summed E-state index contributed by atoms with van der Waals surface area (Å²) in [5.41, 5.74) is 6.52. The standard InChI is InChI=1S/C13H25N3S/c14-11-13(16-6-8-17-9-7-16)3-5-15-4-1-2-12(15)10-13/h12H,1-11,14H2. The van der Waals surface area contributed by atoms with E-state index in [9.17, 15) is 0 Å². The minimum atomic E-state index is 0.340. The van der Waals surface area contributed by atoms with E-state index >= 15 is 0 Å². The Hall–Kier alpha value is 0.230. The van der Waals surface area contributed by atoms with Crippen LogP contribution in [0.2, 0.25) is 0 Å². The van der Waals surface area contributed by atoms with Crippen LogP contribution in [0.3, 0.4) is 0 Å². The highest BCUT2D eigenvalue weighted by Crippen LogP contribution is 2.37. The summed E-state index contributed by atoms with van der Waals surface area (Å²) < 4.78 is 0. The predicted molar refractivity (Wildman–Crippen MR) is 74.5 cm³/mol. The van der Waals surface area contributed by atoms with Crippen molar-refractivity contribution in [3.63, 3.8) is 0 Å². The summed E-state index contributed by atoms with van der Waals surface area (Å²) >= 11 is 2.10. The van der Waals surface area contributed by atoms with Gasteiger partial charge in [-0.3, -0.25) is 4.90 Å². The van der Waals surface area contributed by atoms with Gasteiger partial charge >= 0.3 is 0 Å². The molecule has 0 amide bonds. The number of piperidine rings is 1. The normalized spacial score (nSPS) is 40.4. The third kappa shape index (κ3) is 2.25. The first-order valence-corrected chi connectivity index (χ1v) is 8.26. The van der Waals surface area contributed by atoms with Gasteiger partial charge in [0.05, 0.1) is 0 Å². The molecule has 0 aromatic heterocycles. The fraction of sp³-hybridized carbons (Fsp3) is 1.00. The van der Waals surface area contributed by atoms with Crippen LogP contribution >= 0.6 is 11.8 Å². The third-order valence-electron chi connectivity index (χ3n) is 5.04. The molecule has 0 aromatic carbocycles. The predicted octanol–water partition coefficient (Wildman–Crippen LogP) is 0.991. The number of hydrogen-bond donors (Lipinski definition) is 1. The second-order valence-electron chi connectivity index (χ2n) is 5.81. The molecule has 17 heavy (non-hydrogen) atoms. The molecule has 0 saturated carbocycles. The van der Waals surface area contributed by atoms with Crippen LogP contribution in [0.5, 0.6) is 0 Å². The Balaban J connectivity index is 1.72. The van der Waals surface area contributed by atoms with Gasteiger partial charge in [0.1, 0.15) is 0 Å². The van der Waals surface area contributed by atoms with Crippen LogP contribution in [0.4, 0.5) is 0 Å². The molecule has 0 bridgehead atoms. The van der Waals surface area contributed by atoms with E-state index in [-0.39, 0.29) is 0 Å². The van der Waals surface area contributed by atoms with Crippen LogP contribution in [0, 0.1) is 0 Å². The Morgan fingerprint density at radius 1 is 1.18 bits per heavy atom. The van der Waals surface area contributed by atoms with E-state index in [2.05, 4.69) is 21.6 Å². The Morgan fingerprint density at radius 2 is 2.00 bits per heavy atom. The van der Waals surface area contributed by atoms with Crippen LogP contribution in [0.15, 0.2) is 0 Å². The summed E-state index contributed by atoms with van der Waals surface area (Å²) in [6.07, 6.45) is 5.43. The first kappa shape index (κ1) is 12.3. The lowest BCUT2D eigenvalue weighted by molar-refractivity contribution is 0.0164. The molecule has 3 heterocycles. The molecule has 3 rings (SSSR count). The number of thioether (sulfide) groups is 1. The van der Waals surface area contributed by atoms with E-state index in [4.69, 9.17) is 5.73 Å². The molecule has 0 spiro atoms. The molecule has 3 aliphatic heterocycles. The van der Waals surface area contributed by atoms with E-state index in [1.807, 2.05) is 0 Å². The van der Waals surface area contributed by atoms with E-state index < -0.39 is 0 Å². The lowest BCUT2D eigenvalue weighted by atomic mass is 9.81. The maximum absolute atomic E-state index is 6.18. The van der Waals surface area contributed by atoms with Crippen molar-refractivity contribution in [2.75, 3.05) is 44.2 Å². The first-order valence-electron chi connectivity index (χ1n) is 7.11. The molecule has 98 valence electrons. The lowest BCUT2D eigenvalue weighted by Crippen LogP contribution is -2.62. The van der Waals surface area contributed by atoms with Gasteiger partial charge in [0.15, 0.2) is 0 Å². The van der Waals surface area contributed by atoms with Gasteiger partial charge in [0.25, 0.3) is 0 Å². The summed E-state index contributed by atoms with van der Waals surface area (Å²) in [4.78, 5) is 5.42. The SMILES string of the molecule is NCC1(N2CCSCC2)CCN2CCCC2C1. The zero-order chi connectivity index (χ0) is 11.7. The molecule has 2 unspecified atom stereocenters. The van der Waals surface area contributed by atoms with Crippen LogP contribution in [0.1, 0.15) is 25.7 Å². The van der Waals surface area contributed by atoms with Crippen molar-refractivity contribution >= 4 is 11.8 Å². The van der Waals surface area contributed by atoms with Gasteiger partial charge in [-0.15, -0.1) is 0 Å². The molecule has 3 fully saturated rings. The Labute approximate surface area is 109 Å². The minimum Gasteiger partial charge on any atom is -0.329 e. The molecular formula is C13H25N3S. The second-order valence-corrected chi connectivity index (χ2v) is 7.04. The van der Waals surface area contributed by atoms with Gasteiger partial charge < -0.3 is 10.6 Å². The number of nitrogens with zero attached hydrogens (tertiary/aromatic N) is 2. The van der Waals surface area contributed by atoms with E-state index in [1.54, 1.807) is 0 Å². The van der Waals surface area contributed by atoms with Gasteiger partial charge in [-0.2, -0.15) is 11.8 Å². The van der Waals surface area contributed by atoms with Crippen molar-refractivity contribution in [1.82, 2.24) is 9.80 Å². The van der Waals surface area contributed by atoms with Crippen LogP contribution in [-0.2, 0) is 0 Å². The van der Waals surface area contributed by atoms with Crippen LogP contribution in [0.25, 0.3) is 0 Å². The molecule has 2 atom stereocenters. The van der Waals surface area contributed by atoms with Crippen molar-refractivity contribution in [3.8, 4) is 0 Å². The molecule has 3 saturated heterocycles. The molecular weight excluding hydrogens is 230 g/mol. The monoisotopic (exact) mass is 255 g/mol. The Morgan fingerprint density at radius 3 is 2.76 bits per heavy atom. The first-order chi connectivity index (χ1) is 8.34. The fourth-order valence-electron chi connectivity index (χ4n) is 3.95. The van der Waals surface area contributed by atoms with Crippen LogP contribution < -0.4 is 5.73 Å². The van der Waals surface area contributed by atoms with E-state index in [0.29, 0.717) is 5.54 Å². The Bertz CT molecular complexity index is 267. The average molecular weight is 255 g/mol. The van der Waals surface area contributed by atoms with Crippen molar-refractivity contribution in [3.05, 3.63) is 0 Å². The molecule has 0 radical (unpaired) electrons. The summed E-state index contributed by atoms with van der Waals surface area (Å²) in [7, 11) is 0. The molecule has 4 heteroatoms. The zero-order valence-corrected chi connectivity index (χ0v) is 11.6. The van der Waals surface area contributed by atoms with Crippen molar-refractivity contribution in [2.45, 2.75) is 37.3 Å². The summed E-state index contributed by atoms with van der Waals surface area (Å²) in [6, 6.07) is 0.835. The third-order valence-corrected chi connectivity index (χ3v) is 5.98. The second kappa shape index (κ2) is 5.08. The highest BCUT2D eigenvalue weighted by molar-refractivity contribution is 7.99. The van der Waals surface area contributed by atoms with Crippen molar-refractivity contribution < 1.29 is 0 Å². The van der Waals surface area contributed by atoms with Crippen molar-refractivity contribution in [2.24, 2.45) is 5.73 Å². The molecule has 3 aliphatic rings. The van der Waals surface area contributed by atoms with Gasteiger partial charge in [0.2, 0.25) is 0 Å². The number of hydrogen-bond acceptors (Lipinski definition) is 4. The quantitative estimate of drug-likeness (QED) is 0.798. The summed E-state index contributed by atoms with van der Waals surface area (Å²) in [5, 5.41) is 0. The molecule has 2 N–H and O–H groups in total. The van der Waals surface area contributed by atoms with Crippen molar-refractivity contribution in [1.29, 1.82) is 0 Å². The molecule has 0 aromatic rings. The molecule has 3 nitrogen and oxygen atoms in total. The summed E-state index contributed by atoms with van der Waals surface area (Å²) in [5.74, 6) is 2.60. The van der Waals surface area contributed by atoms with Gasteiger partial charge in [0, 0.05) is 49.3 Å². The smallest absolute Gasteiger partial charge is 0.0359 e. The Kier molecular flexibility index (Phi) is 3.67. The van der Waals surface area contributed by atoms with Gasteiger partial charge in [-0.05, 0) is 32.2 Å². The van der Waals surface area contributed by atoms with Gasteiger partial charge in [-0.1, -0.05) is 0 Å². The number of fused-ring (bicyclic) bond motifs is 1. The maximum atomic E-state index is 6.18. The topological polar surface area (TPSA) is 32.5 Å². The fourth-order valence-corrected chi connectivity index (χ4v) is 4.86. The summed E-state index contributed by atoms with van der Waals surface area (Å²) in [6.45, 7) is 6.00. The number of nitrogens with two attached hydrogens (primary N) is 1. The van der Waals surface area contributed by atoms with E-state index in [0.717, 1.165) is 12.6 Å². The average Bonchev–Trinajstić information content (AvgIpc) is 2.86. The van der Waals surface area contributed by atoms with Gasteiger partial charge in [-0.25, -0.2) is 0 Å². The lowest BCUT2D eigenvalue weighted by Gasteiger charge is -2.51. The largest absolute Gasteiger partial charge is 0.329 e. The molecule has 0 aliphatic carbocycles. The maximum Gasteiger partial charge on any atom is 0.0359 e. The highest BCUT2D eigenvalue weighted by atomic mass is 32.2.